The van der Waals surface area contributed by atoms with E-state index >= 15 is 0 Å². The normalized spacial score (nSPS) is 20.7. The lowest BCUT2D eigenvalue weighted by atomic mass is 10.1. The van der Waals surface area contributed by atoms with Crippen molar-refractivity contribution in [2.75, 3.05) is 44.0 Å². The third-order valence-corrected chi connectivity index (χ3v) is 5.11. The van der Waals surface area contributed by atoms with Crippen LogP contribution in [0.1, 0.15) is 5.56 Å². The minimum absolute atomic E-state index is 0.828. The molecule has 23 heavy (non-hydrogen) atoms. The van der Waals surface area contributed by atoms with Crippen LogP contribution in [-0.4, -0.2) is 60.2 Å². The third kappa shape index (κ3) is 3.09. The Kier molecular flexibility index (Phi) is 4.01. The zero-order valence-electron chi connectivity index (χ0n) is 13.1. The highest BCUT2D eigenvalue weighted by Crippen LogP contribution is 2.27. The van der Waals surface area contributed by atoms with Gasteiger partial charge in [0.1, 0.15) is 12.1 Å². The van der Waals surface area contributed by atoms with Crippen molar-refractivity contribution in [2.24, 2.45) is 4.99 Å². The Labute approximate surface area is 140 Å². The molecule has 1 fully saturated rings. The summed E-state index contributed by atoms with van der Waals surface area (Å²) in [5, 5.41) is 1.13. The van der Waals surface area contributed by atoms with Crippen LogP contribution >= 0.6 is 11.8 Å². The average Bonchev–Trinajstić information content (AvgIpc) is 3.08. The average molecular weight is 325 g/mol. The van der Waals surface area contributed by atoms with Gasteiger partial charge in [-0.2, -0.15) is 0 Å². The lowest BCUT2D eigenvalue weighted by Gasteiger charge is -2.33. The molecule has 2 aliphatic rings. The van der Waals surface area contributed by atoms with Gasteiger partial charge in [0, 0.05) is 42.7 Å². The molecule has 0 aliphatic carbocycles. The van der Waals surface area contributed by atoms with Gasteiger partial charge in [-0.3, -0.25) is 4.99 Å². The molecule has 0 bridgehead atoms. The monoisotopic (exact) mass is 325 g/mol. The molecule has 2 aliphatic heterocycles. The fourth-order valence-electron chi connectivity index (χ4n) is 2.94. The first-order chi connectivity index (χ1) is 11.3. The molecule has 0 radical (unpaired) electrons. The van der Waals surface area contributed by atoms with Gasteiger partial charge >= 0.3 is 0 Å². The molecule has 0 amide bonds. The zero-order chi connectivity index (χ0) is 15.6. The van der Waals surface area contributed by atoms with Gasteiger partial charge in [-0.25, -0.2) is 9.97 Å². The topological polar surface area (TPSA) is 44.6 Å². The smallest absolute Gasteiger partial charge is 0.139 e. The lowest BCUT2D eigenvalue weighted by molar-refractivity contribution is 0.312. The van der Waals surface area contributed by atoms with Crippen molar-refractivity contribution >= 4 is 40.8 Å². The Morgan fingerprint density at radius 2 is 2.00 bits per heavy atom. The minimum Gasteiger partial charge on any atom is -0.353 e. The summed E-state index contributed by atoms with van der Waals surface area (Å²) in [6.07, 6.45) is 5.80. The van der Waals surface area contributed by atoms with Crippen molar-refractivity contribution in [1.29, 1.82) is 0 Å². The maximum absolute atomic E-state index is 4.57. The second kappa shape index (κ2) is 6.29. The standard InChI is InChI=1S/C17H19N5S/c1-21-4-6-22(7-5-21)17-15-9-13(8-14-10-18-12-23-14)2-3-16(15)19-11-20-17/h2-3,8-11H,4-7,12H2,1H3. The maximum Gasteiger partial charge on any atom is 0.139 e. The maximum atomic E-state index is 4.57. The summed E-state index contributed by atoms with van der Waals surface area (Å²) in [4.78, 5) is 19.2. The molecule has 1 saturated heterocycles. The van der Waals surface area contributed by atoms with E-state index in [1.807, 2.05) is 6.21 Å². The van der Waals surface area contributed by atoms with Crippen LogP contribution in [0.2, 0.25) is 0 Å². The number of hydrogen-bond donors (Lipinski definition) is 0. The van der Waals surface area contributed by atoms with E-state index in [1.54, 1.807) is 18.1 Å². The molecular formula is C17H19N5S. The Morgan fingerprint density at radius 1 is 1.13 bits per heavy atom. The van der Waals surface area contributed by atoms with E-state index in [2.05, 4.69) is 56.1 Å². The fourth-order valence-corrected chi connectivity index (χ4v) is 3.61. The quantitative estimate of drug-likeness (QED) is 0.849. The number of aromatic nitrogens is 2. The van der Waals surface area contributed by atoms with Crippen molar-refractivity contribution in [1.82, 2.24) is 14.9 Å². The van der Waals surface area contributed by atoms with Crippen LogP contribution in [0.25, 0.3) is 17.0 Å². The van der Waals surface area contributed by atoms with Crippen molar-refractivity contribution in [3.63, 3.8) is 0 Å². The molecule has 118 valence electrons. The predicted octanol–water partition coefficient (Wildman–Crippen LogP) is 2.50. The minimum atomic E-state index is 0.828. The number of piperazine rings is 1. The highest BCUT2D eigenvalue weighted by atomic mass is 32.2. The number of likely N-dealkylation sites (N-methyl/N-ethyl adjacent to an activating group) is 1. The molecule has 1 aromatic heterocycles. The van der Waals surface area contributed by atoms with Gasteiger partial charge in [-0.05, 0) is 30.8 Å². The summed E-state index contributed by atoms with van der Waals surface area (Å²) in [5.74, 6) is 1.88. The summed E-state index contributed by atoms with van der Waals surface area (Å²) < 4.78 is 0. The van der Waals surface area contributed by atoms with Gasteiger partial charge in [0.25, 0.3) is 0 Å². The van der Waals surface area contributed by atoms with Crippen LogP contribution in [0, 0.1) is 0 Å². The second-order valence-electron chi connectivity index (χ2n) is 5.90. The molecular weight excluding hydrogens is 306 g/mol. The number of anilines is 1. The number of benzene rings is 1. The molecule has 2 aromatic rings. The number of hydrogen-bond acceptors (Lipinski definition) is 6. The van der Waals surface area contributed by atoms with Crippen molar-refractivity contribution in [3.8, 4) is 0 Å². The Bertz CT molecular complexity index is 778. The van der Waals surface area contributed by atoms with Gasteiger partial charge in [0.05, 0.1) is 11.4 Å². The SMILES string of the molecule is CN1CCN(c2ncnc3ccc(C=C4C=NCS4)cc23)CC1. The van der Waals surface area contributed by atoms with Crippen LogP contribution < -0.4 is 4.90 Å². The van der Waals surface area contributed by atoms with E-state index in [9.17, 15) is 0 Å². The van der Waals surface area contributed by atoms with E-state index in [4.69, 9.17) is 0 Å². The Balaban J connectivity index is 1.72. The zero-order valence-corrected chi connectivity index (χ0v) is 14.0. The van der Waals surface area contributed by atoms with Gasteiger partial charge in [-0.15, -0.1) is 11.8 Å². The van der Waals surface area contributed by atoms with Crippen LogP contribution in [-0.2, 0) is 0 Å². The number of fused-ring (bicyclic) bond motifs is 1. The molecule has 0 saturated carbocycles. The van der Waals surface area contributed by atoms with Crippen molar-refractivity contribution in [2.45, 2.75) is 0 Å². The molecule has 5 nitrogen and oxygen atoms in total. The van der Waals surface area contributed by atoms with E-state index < -0.39 is 0 Å². The molecule has 0 spiro atoms. The molecule has 0 atom stereocenters. The molecule has 4 rings (SSSR count). The lowest BCUT2D eigenvalue weighted by Crippen LogP contribution is -2.44. The van der Waals surface area contributed by atoms with E-state index in [-0.39, 0.29) is 0 Å². The largest absolute Gasteiger partial charge is 0.353 e. The van der Waals surface area contributed by atoms with Crippen LogP contribution in [0.3, 0.4) is 0 Å². The first kappa shape index (κ1) is 14.7. The number of thioether (sulfide) groups is 1. The fraction of sp³-hybridized carbons (Fsp3) is 0.353. The predicted molar refractivity (Wildman–Crippen MR) is 98.2 cm³/mol. The number of nitrogens with zero attached hydrogens (tertiary/aromatic N) is 5. The van der Waals surface area contributed by atoms with Crippen LogP contribution in [0.15, 0.2) is 34.4 Å². The van der Waals surface area contributed by atoms with Crippen LogP contribution in [0.4, 0.5) is 5.82 Å². The Morgan fingerprint density at radius 3 is 2.78 bits per heavy atom. The Hall–Kier alpha value is -1.92. The van der Waals surface area contributed by atoms with Crippen LogP contribution in [0.5, 0.6) is 0 Å². The van der Waals surface area contributed by atoms with E-state index in [0.29, 0.717) is 0 Å². The van der Waals surface area contributed by atoms with Gasteiger partial charge in [0.2, 0.25) is 0 Å². The first-order valence-corrected chi connectivity index (χ1v) is 8.81. The van der Waals surface area contributed by atoms with E-state index in [1.165, 1.54) is 10.5 Å². The summed E-state index contributed by atoms with van der Waals surface area (Å²) in [6, 6.07) is 6.39. The molecule has 0 N–H and O–H groups in total. The van der Waals surface area contributed by atoms with Crippen molar-refractivity contribution < 1.29 is 0 Å². The number of allylic oxidation sites excluding steroid dienone is 1. The van der Waals surface area contributed by atoms with Gasteiger partial charge in [0.15, 0.2) is 0 Å². The van der Waals surface area contributed by atoms with Crippen molar-refractivity contribution in [3.05, 3.63) is 35.0 Å². The van der Waals surface area contributed by atoms with Gasteiger partial charge < -0.3 is 9.80 Å². The highest BCUT2D eigenvalue weighted by molar-refractivity contribution is 8.04. The van der Waals surface area contributed by atoms with E-state index in [0.717, 1.165) is 48.8 Å². The summed E-state index contributed by atoms with van der Waals surface area (Å²) >= 11 is 1.77. The molecule has 3 heterocycles. The molecule has 6 heteroatoms. The summed E-state index contributed by atoms with van der Waals surface area (Å²) in [7, 11) is 2.17. The van der Waals surface area contributed by atoms with Gasteiger partial charge in [-0.1, -0.05) is 6.07 Å². The summed E-state index contributed by atoms with van der Waals surface area (Å²) in [5.41, 5.74) is 2.18. The highest BCUT2D eigenvalue weighted by Gasteiger charge is 2.17. The first-order valence-electron chi connectivity index (χ1n) is 7.82. The second-order valence-corrected chi connectivity index (χ2v) is 6.91. The third-order valence-electron chi connectivity index (χ3n) is 4.27. The summed E-state index contributed by atoms with van der Waals surface area (Å²) in [6.45, 7) is 4.16. The number of rotatable bonds is 2. The molecule has 0 unspecified atom stereocenters. The number of aliphatic imine (C=N–C) groups is 1. The molecule has 1 aromatic carbocycles.